The van der Waals surface area contributed by atoms with Gasteiger partial charge in [0.05, 0.1) is 0 Å². The lowest BCUT2D eigenvalue weighted by Gasteiger charge is -2.16. The zero-order chi connectivity index (χ0) is 15.4. The van der Waals surface area contributed by atoms with Crippen molar-refractivity contribution in [2.75, 3.05) is 11.9 Å². The zero-order valence-corrected chi connectivity index (χ0v) is 12.2. The van der Waals surface area contributed by atoms with Crippen molar-refractivity contribution in [2.24, 2.45) is 0 Å². The number of hydrogen-bond donors (Lipinski definition) is 2. The molecule has 0 radical (unpaired) electrons. The van der Waals surface area contributed by atoms with Crippen LogP contribution in [0.1, 0.15) is 13.3 Å². The minimum absolute atomic E-state index is 0.106. The van der Waals surface area contributed by atoms with Crippen LogP contribution in [-0.2, 0) is 14.3 Å². The standard InChI is InChI=1S/C14H16ClFN2O3/c1-8(21-14(20)12-6-9(15)7-17-12)13(19)18-11-4-2-10(16)3-5-11/h2-5,8-9,12,17H,6-7H2,1H3,(H,18,19). The van der Waals surface area contributed by atoms with E-state index >= 15 is 0 Å². The second kappa shape index (κ2) is 6.87. The number of rotatable bonds is 4. The number of halogens is 2. The van der Waals surface area contributed by atoms with E-state index in [9.17, 15) is 14.0 Å². The Morgan fingerprint density at radius 1 is 1.43 bits per heavy atom. The van der Waals surface area contributed by atoms with Gasteiger partial charge in [0.2, 0.25) is 0 Å². The van der Waals surface area contributed by atoms with Crippen molar-refractivity contribution in [1.29, 1.82) is 0 Å². The first-order valence-electron chi connectivity index (χ1n) is 6.60. The highest BCUT2D eigenvalue weighted by Gasteiger charge is 2.31. The van der Waals surface area contributed by atoms with E-state index in [2.05, 4.69) is 10.6 Å². The first-order valence-corrected chi connectivity index (χ1v) is 7.03. The third-order valence-corrected chi connectivity index (χ3v) is 3.47. The lowest BCUT2D eigenvalue weighted by molar-refractivity contribution is -0.154. The van der Waals surface area contributed by atoms with Crippen LogP contribution >= 0.6 is 11.6 Å². The largest absolute Gasteiger partial charge is 0.451 e. The molecule has 5 nitrogen and oxygen atoms in total. The molecule has 0 aromatic heterocycles. The van der Waals surface area contributed by atoms with Gasteiger partial charge >= 0.3 is 5.97 Å². The molecule has 0 aliphatic carbocycles. The Hall–Kier alpha value is -1.66. The fourth-order valence-corrected chi connectivity index (χ4v) is 2.23. The number of nitrogens with one attached hydrogen (secondary N) is 2. The molecule has 21 heavy (non-hydrogen) atoms. The van der Waals surface area contributed by atoms with Crippen LogP contribution < -0.4 is 10.6 Å². The number of ether oxygens (including phenoxy) is 1. The summed E-state index contributed by atoms with van der Waals surface area (Å²) >= 11 is 5.89. The molecule has 0 bridgehead atoms. The van der Waals surface area contributed by atoms with Gasteiger partial charge in [-0.1, -0.05) is 0 Å². The SMILES string of the molecule is CC(OC(=O)C1CC(Cl)CN1)C(=O)Nc1ccc(F)cc1. The molecule has 1 saturated heterocycles. The lowest BCUT2D eigenvalue weighted by atomic mass is 10.2. The Morgan fingerprint density at radius 3 is 2.67 bits per heavy atom. The van der Waals surface area contributed by atoms with Crippen LogP contribution in [0.25, 0.3) is 0 Å². The van der Waals surface area contributed by atoms with Crippen LogP contribution in [0.4, 0.5) is 10.1 Å². The number of carbonyl (C=O) groups excluding carboxylic acids is 2. The molecule has 1 aliphatic rings. The summed E-state index contributed by atoms with van der Waals surface area (Å²) in [6.07, 6.45) is -0.467. The number of hydrogen-bond acceptors (Lipinski definition) is 4. The van der Waals surface area contributed by atoms with Gasteiger partial charge in [-0.15, -0.1) is 11.6 Å². The van der Waals surface area contributed by atoms with Gasteiger partial charge < -0.3 is 15.4 Å². The smallest absolute Gasteiger partial charge is 0.323 e. The van der Waals surface area contributed by atoms with Gasteiger partial charge in [0.1, 0.15) is 11.9 Å². The van der Waals surface area contributed by atoms with Crippen LogP contribution in [0.3, 0.4) is 0 Å². The predicted octanol–water partition coefficient (Wildman–Crippen LogP) is 1.67. The fraction of sp³-hybridized carbons (Fsp3) is 0.429. The number of esters is 1. The second-order valence-electron chi connectivity index (χ2n) is 4.87. The Bertz CT molecular complexity index is 523. The maximum absolute atomic E-state index is 12.8. The van der Waals surface area contributed by atoms with Crippen molar-refractivity contribution in [3.05, 3.63) is 30.1 Å². The average molecular weight is 315 g/mol. The van der Waals surface area contributed by atoms with Gasteiger partial charge in [-0.3, -0.25) is 9.59 Å². The first-order chi connectivity index (χ1) is 9.95. The zero-order valence-electron chi connectivity index (χ0n) is 11.4. The summed E-state index contributed by atoms with van der Waals surface area (Å²) in [7, 11) is 0. The van der Waals surface area contributed by atoms with Crippen LogP contribution in [0.5, 0.6) is 0 Å². The van der Waals surface area contributed by atoms with Crippen LogP contribution in [0, 0.1) is 5.82 Å². The molecule has 2 rings (SSSR count). The Labute approximate surface area is 126 Å². The van der Waals surface area contributed by atoms with E-state index in [0.29, 0.717) is 18.7 Å². The van der Waals surface area contributed by atoms with Crippen molar-refractivity contribution in [2.45, 2.75) is 30.9 Å². The topological polar surface area (TPSA) is 67.4 Å². The summed E-state index contributed by atoms with van der Waals surface area (Å²) < 4.78 is 17.9. The number of alkyl halides is 1. The molecule has 0 spiro atoms. The Morgan fingerprint density at radius 2 is 2.10 bits per heavy atom. The third-order valence-electron chi connectivity index (χ3n) is 3.14. The summed E-state index contributed by atoms with van der Waals surface area (Å²) in [5.74, 6) is -1.37. The van der Waals surface area contributed by atoms with Crippen molar-refractivity contribution in [3.63, 3.8) is 0 Å². The summed E-state index contributed by atoms with van der Waals surface area (Å²) in [4.78, 5) is 23.7. The molecule has 114 valence electrons. The lowest BCUT2D eigenvalue weighted by Crippen LogP contribution is -2.38. The molecule has 1 fully saturated rings. The van der Waals surface area contributed by atoms with Gasteiger partial charge in [0, 0.05) is 17.6 Å². The summed E-state index contributed by atoms with van der Waals surface area (Å²) in [6, 6.07) is 4.84. The minimum Gasteiger partial charge on any atom is -0.451 e. The highest BCUT2D eigenvalue weighted by Crippen LogP contribution is 2.15. The molecule has 3 atom stereocenters. The molecule has 7 heteroatoms. The van der Waals surface area contributed by atoms with Crippen LogP contribution in [-0.4, -0.2) is 35.9 Å². The molecule has 1 aliphatic heterocycles. The monoisotopic (exact) mass is 314 g/mol. The number of amides is 1. The van der Waals surface area contributed by atoms with E-state index in [1.54, 1.807) is 0 Å². The molecule has 1 amide bonds. The first kappa shape index (κ1) is 15.7. The van der Waals surface area contributed by atoms with E-state index in [-0.39, 0.29) is 5.38 Å². The quantitative estimate of drug-likeness (QED) is 0.655. The molecule has 1 heterocycles. The second-order valence-corrected chi connectivity index (χ2v) is 5.49. The van der Waals surface area contributed by atoms with E-state index in [0.717, 1.165) is 0 Å². The van der Waals surface area contributed by atoms with Crippen molar-refractivity contribution in [1.82, 2.24) is 5.32 Å². The van der Waals surface area contributed by atoms with Crippen LogP contribution in [0.15, 0.2) is 24.3 Å². The van der Waals surface area contributed by atoms with Gasteiger partial charge in [-0.25, -0.2) is 4.39 Å². The number of carbonyl (C=O) groups is 2. The third kappa shape index (κ3) is 4.41. The fourth-order valence-electron chi connectivity index (χ4n) is 1.96. The maximum atomic E-state index is 12.8. The number of anilines is 1. The molecular formula is C14H16ClFN2O3. The van der Waals surface area contributed by atoms with Gasteiger partial charge in [-0.2, -0.15) is 0 Å². The van der Waals surface area contributed by atoms with Crippen molar-refractivity contribution in [3.8, 4) is 0 Å². The van der Waals surface area contributed by atoms with E-state index in [1.807, 2.05) is 0 Å². The summed E-state index contributed by atoms with van der Waals surface area (Å²) in [5.41, 5.74) is 0.434. The Balaban J connectivity index is 1.84. The Kier molecular flexibility index (Phi) is 5.14. The van der Waals surface area contributed by atoms with E-state index < -0.39 is 29.8 Å². The molecule has 1 aromatic rings. The minimum atomic E-state index is -0.946. The highest BCUT2D eigenvalue weighted by molar-refractivity contribution is 6.21. The van der Waals surface area contributed by atoms with Gasteiger partial charge in [0.25, 0.3) is 5.91 Å². The summed E-state index contributed by atoms with van der Waals surface area (Å²) in [6.45, 7) is 2.02. The number of benzene rings is 1. The summed E-state index contributed by atoms with van der Waals surface area (Å²) in [5, 5.41) is 5.37. The average Bonchev–Trinajstić information content (AvgIpc) is 2.88. The molecule has 2 N–H and O–H groups in total. The van der Waals surface area contributed by atoms with Gasteiger partial charge in [0.15, 0.2) is 6.10 Å². The van der Waals surface area contributed by atoms with E-state index in [4.69, 9.17) is 16.3 Å². The molecule has 0 saturated carbocycles. The van der Waals surface area contributed by atoms with Gasteiger partial charge in [-0.05, 0) is 37.6 Å². The van der Waals surface area contributed by atoms with Crippen molar-refractivity contribution >= 4 is 29.2 Å². The predicted molar refractivity (Wildman–Crippen MR) is 76.6 cm³/mol. The van der Waals surface area contributed by atoms with Crippen molar-refractivity contribution < 1.29 is 18.7 Å². The molecule has 1 aromatic carbocycles. The van der Waals surface area contributed by atoms with E-state index in [1.165, 1.54) is 31.2 Å². The highest BCUT2D eigenvalue weighted by atomic mass is 35.5. The normalized spacial score (nSPS) is 22.6. The molecular weight excluding hydrogens is 299 g/mol. The maximum Gasteiger partial charge on any atom is 0.323 e. The molecule has 3 unspecified atom stereocenters. The van der Waals surface area contributed by atoms with Crippen LogP contribution in [0.2, 0.25) is 0 Å².